The minimum Gasteiger partial charge on any atom is -0.329 e. The van der Waals surface area contributed by atoms with Gasteiger partial charge in [0.05, 0.1) is 5.54 Å². The fraction of sp³-hybridized carbons (Fsp3) is 0.250. The van der Waals surface area contributed by atoms with Gasteiger partial charge in [-0.25, -0.2) is 4.39 Å². The van der Waals surface area contributed by atoms with Crippen LogP contribution < -0.4 is 0 Å². The van der Waals surface area contributed by atoms with Crippen LogP contribution >= 0.6 is 15.9 Å². The van der Waals surface area contributed by atoms with Crippen molar-refractivity contribution in [1.82, 2.24) is 4.90 Å². The highest BCUT2D eigenvalue weighted by Gasteiger charge is 2.35. The van der Waals surface area contributed by atoms with Crippen LogP contribution in [0.15, 0.2) is 67.3 Å². The molecule has 2 nitrogen and oxygen atoms in total. The summed E-state index contributed by atoms with van der Waals surface area (Å²) in [5, 5.41) is 0. The van der Waals surface area contributed by atoms with Gasteiger partial charge >= 0.3 is 0 Å². The lowest BCUT2D eigenvalue weighted by atomic mass is 9.91. The highest BCUT2D eigenvalue weighted by Crippen LogP contribution is 2.33. The van der Waals surface area contributed by atoms with Gasteiger partial charge in [0.2, 0.25) is 5.91 Å². The van der Waals surface area contributed by atoms with Crippen LogP contribution in [-0.4, -0.2) is 17.4 Å². The molecule has 126 valence electrons. The predicted molar refractivity (Wildman–Crippen MR) is 99.4 cm³/mol. The van der Waals surface area contributed by atoms with Crippen LogP contribution in [0, 0.1) is 5.82 Å². The van der Waals surface area contributed by atoms with E-state index in [2.05, 4.69) is 22.5 Å². The Morgan fingerprint density at radius 1 is 1.25 bits per heavy atom. The molecule has 0 aliphatic carbocycles. The summed E-state index contributed by atoms with van der Waals surface area (Å²) in [7, 11) is 0. The third kappa shape index (κ3) is 3.93. The summed E-state index contributed by atoms with van der Waals surface area (Å²) in [6.07, 6.45) is 1.70. The van der Waals surface area contributed by atoms with Crippen LogP contribution in [-0.2, 0) is 10.3 Å². The molecule has 0 N–H and O–H groups in total. The zero-order valence-electron chi connectivity index (χ0n) is 13.9. The third-order valence-corrected chi connectivity index (χ3v) is 5.01. The van der Waals surface area contributed by atoms with Crippen molar-refractivity contribution in [3.8, 4) is 0 Å². The minimum atomic E-state index is -0.615. The fourth-order valence-electron chi connectivity index (χ4n) is 2.67. The summed E-state index contributed by atoms with van der Waals surface area (Å²) < 4.78 is 13.5. The monoisotopic (exact) mass is 389 g/mol. The van der Waals surface area contributed by atoms with E-state index in [1.54, 1.807) is 23.1 Å². The van der Waals surface area contributed by atoms with Crippen LogP contribution in [0.5, 0.6) is 0 Å². The van der Waals surface area contributed by atoms with Crippen molar-refractivity contribution in [2.24, 2.45) is 0 Å². The maximum absolute atomic E-state index is 13.5. The van der Waals surface area contributed by atoms with Crippen LogP contribution in [0.25, 0.3) is 0 Å². The van der Waals surface area contributed by atoms with Gasteiger partial charge in [-0.3, -0.25) is 4.79 Å². The number of hydrogen-bond donors (Lipinski definition) is 0. The maximum Gasteiger partial charge on any atom is 0.241 e. The van der Waals surface area contributed by atoms with Crippen molar-refractivity contribution in [2.45, 2.75) is 24.2 Å². The topological polar surface area (TPSA) is 20.3 Å². The highest BCUT2D eigenvalue weighted by atomic mass is 79.9. The standard InChI is InChI=1S/C20H21BrFNO/c1-4-13-23(20(2,3)16-10-6-5-7-11-16)19(24)18(21)15-9-8-12-17(22)14-15/h4-12,14,18H,1,13H2,2-3H3. The molecule has 2 aromatic rings. The van der Waals surface area contributed by atoms with Gasteiger partial charge in [0, 0.05) is 6.54 Å². The molecule has 2 aromatic carbocycles. The lowest BCUT2D eigenvalue weighted by Gasteiger charge is -2.39. The van der Waals surface area contributed by atoms with E-state index in [4.69, 9.17) is 0 Å². The van der Waals surface area contributed by atoms with Crippen molar-refractivity contribution in [1.29, 1.82) is 0 Å². The number of benzene rings is 2. The Balaban J connectivity index is 2.36. The normalized spacial score (nSPS) is 12.5. The second kappa shape index (κ2) is 7.75. The molecule has 0 radical (unpaired) electrons. The Morgan fingerprint density at radius 3 is 2.50 bits per heavy atom. The summed E-state index contributed by atoms with van der Waals surface area (Å²) in [4.78, 5) is 14.2. The Labute approximate surface area is 151 Å². The van der Waals surface area contributed by atoms with Gasteiger partial charge in [0.15, 0.2) is 0 Å². The molecule has 2 rings (SSSR count). The van der Waals surface area contributed by atoms with Gasteiger partial charge < -0.3 is 4.90 Å². The molecule has 0 saturated heterocycles. The van der Waals surface area contributed by atoms with Crippen LogP contribution in [0.1, 0.15) is 29.8 Å². The molecule has 4 heteroatoms. The summed E-state index contributed by atoms with van der Waals surface area (Å²) in [5.74, 6) is -0.489. The molecule has 0 spiro atoms. The lowest BCUT2D eigenvalue weighted by Crippen LogP contribution is -2.47. The molecule has 0 aliphatic rings. The number of rotatable bonds is 6. The molecule has 24 heavy (non-hydrogen) atoms. The molecular formula is C20H21BrFNO. The third-order valence-electron chi connectivity index (χ3n) is 4.09. The molecule has 0 aliphatic heterocycles. The molecule has 1 atom stereocenters. The van der Waals surface area contributed by atoms with Crippen LogP contribution in [0.4, 0.5) is 4.39 Å². The number of carbonyl (C=O) groups excluding carboxylic acids is 1. The minimum absolute atomic E-state index is 0.130. The molecule has 0 aromatic heterocycles. The number of halogens is 2. The Morgan fingerprint density at radius 2 is 1.92 bits per heavy atom. The number of carbonyl (C=O) groups is 1. The number of nitrogens with zero attached hydrogens (tertiary/aromatic N) is 1. The van der Waals surface area contributed by atoms with Crippen molar-refractivity contribution < 1.29 is 9.18 Å². The summed E-state index contributed by atoms with van der Waals surface area (Å²) in [6.45, 7) is 8.16. The maximum atomic E-state index is 13.5. The first-order chi connectivity index (χ1) is 11.4. The largest absolute Gasteiger partial charge is 0.329 e. The summed E-state index contributed by atoms with van der Waals surface area (Å²) in [5.41, 5.74) is 1.10. The number of hydrogen-bond acceptors (Lipinski definition) is 1. The molecular weight excluding hydrogens is 369 g/mol. The van der Waals surface area contributed by atoms with Crippen molar-refractivity contribution in [3.05, 3.63) is 84.2 Å². The average molecular weight is 390 g/mol. The summed E-state index contributed by atoms with van der Waals surface area (Å²) in [6, 6.07) is 15.9. The van der Waals surface area contributed by atoms with E-state index in [0.29, 0.717) is 12.1 Å². The molecule has 0 saturated carbocycles. The van der Waals surface area contributed by atoms with Gasteiger partial charge in [-0.1, -0.05) is 64.5 Å². The van der Waals surface area contributed by atoms with E-state index in [1.165, 1.54) is 12.1 Å². The van der Waals surface area contributed by atoms with Crippen LogP contribution in [0.3, 0.4) is 0 Å². The van der Waals surface area contributed by atoms with Gasteiger partial charge in [-0.2, -0.15) is 0 Å². The first-order valence-corrected chi connectivity index (χ1v) is 8.67. The average Bonchev–Trinajstić information content (AvgIpc) is 2.59. The van der Waals surface area contributed by atoms with E-state index in [9.17, 15) is 9.18 Å². The van der Waals surface area contributed by atoms with Crippen molar-refractivity contribution >= 4 is 21.8 Å². The van der Waals surface area contributed by atoms with E-state index < -0.39 is 10.4 Å². The first kappa shape index (κ1) is 18.4. The quantitative estimate of drug-likeness (QED) is 0.490. The van der Waals surface area contributed by atoms with Gasteiger partial charge in [0.1, 0.15) is 10.6 Å². The lowest BCUT2D eigenvalue weighted by molar-refractivity contribution is -0.135. The Kier molecular flexibility index (Phi) is 5.94. The molecule has 1 amide bonds. The van der Waals surface area contributed by atoms with E-state index in [-0.39, 0.29) is 11.7 Å². The van der Waals surface area contributed by atoms with Gasteiger partial charge in [-0.05, 0) is 37.1 Å². The SMILES string of the molecule is C=CCN(C(=O)C(Br)c1cccc(F)c1)C(C)(C)c1ccccc1. The number of alkyl halides is 1. The van der Waals surface area contributed by atoms with E-state index in [0.717, 1.165) is 5.56 Å². The van der Waals surface area contributed by atoms with Crippen molar-refractivity contribution in [2.75, 3.05) is 6.54 Å². The van der Waals surface area contributed by atoms with Gasteiger partial charge in [0.25, 0.3) is 0 Å². The number of amides is 1. The molecule has 0 heterocycles. The second-order valence-electron chi connectivity index (χ2n) is 6.08. The highest BCUT2D eigenvalue weighted by molar-refractivity contribution is 9.09. The molecule has 1 unspecified atom stereocenters. The Bertz CT molecular complexity index is 715. The van der Waals surface area contributed by atoms with Crippen LogP contribution in [0.2, 0.25) is 0 Å². The van der Waals surface area contributed by atoms with E-state index >= 15 is 0 Å². The fourth-order valence-corrected chi connectivity index (χ4v) is 3.20. The molecule has 0 fully saturated rings. The smallest absolute Gasteiger partial charge is 0.241 e. The van der Waals surface area contributed by atoms with Crippen molar-refractivity contribution in [3.63, 3.8) is 0 Å². The predicted octanol–water partition coefficient (Wildman–Crippen LogP) is 5.21. The second-order valence-corrected chi connectivity index (χ2v) is 7.00. The molecule has 0 bridgehead atoms. The first-order valence-electron chi connectivity index (χ1n) is 7.75. The van der Waals surface area contributed by atoms with E-state index in [1.807, 2.05) is 44.2 Å². The zero-order chi connectivity index (χ0) is 17.7. The zero-order valence-corrected chi connectivity index (χ0v) is 15.5. The summed E-state index contributed by atoms with van der Waals surface area (Å²) >= 11 is 3.43. The Hall–Kier alpha value is -1.94. The van der Waals surface area contributed by atoms with Gasteiger partial charge in [-0.15, -0.1) is 6.58 Å².